The van der Waals surface area contributed by atoms with E-state index in [1.807, 2.05) is 0 Å². The van der Waals surface area contributed by atoms with Gasteiger partial charge in [-0.2, -0.15) is 0 Å². The zero-order chi connectivity index (χ0) is 35.3. The molecule has 12 atom stereocenters. The summed E-state index contributed by atoms with van der Waals surface area (Å²) in [6.07, 6.45) is 37.3. The first-order chi connectivity index (χ1) is 23.6. The van der Waals surface area contributed by atoms with E-state index in [0.717, 1.165) is 71.0 Å². The summed E-state index contributed by atoms with van der Waals surface area (Å²) in [5, 5.41) is 0. The fourth-order valence-electron chi connectivity index (χ4n) is 12.7. The minimum absolute atomic E-state index is 0.908. The van der Waals surface area contributed by atoms with Gasteiger partial charge in [0.05, 0.1) is 0 Å². The van der Waals surface area contributed by atoms with Crippen molar-refractivity contribution < 1.29 is 8.23 Å². The maximum atomic E-state index is 6.95. The lowest BCUT2D eigenvalue weighted by atomic mass is 9.91. The topological polar surface area (TPSA) is 18.5 Å². The molecule has 0 aromatic carbocycles. The van der Waals surface area contributed by atoms with Crippen molar-refractivity contribution in [2.24, 2.45) is 71.0 Å². The van der Waals surface area contributed by atoms with Gasteiger partial charge in [0.1, 0.15) is 0 Å². The third kappa shape index (κ3) is 9.69. The molecule has 2 nitrogen and oxygen atoms in total. The molecule has 8 bridgehead atoms. The van der Waals surface area contributed by atoms with E-state index in [4.69, 9.17) is 8.23 Å². The zero-order valence-electron chi connectivity index (χ0n) is 33.7. The molecular weight excluding hydrogens is 673 g/mol. The van der Waals surface area contributed by atoms with Crippen molar-refractivity contribution in [3.8, 4) is 0 Å². The van der Waals surface area contributed by atoms with E-state index in [9.17, 15) is 0 Å². The molecule has 0 spiro atoms. The SMILES string of the molecule is C[Si](C)(CCC1CC2C=CC1C2)O[Si](C)(C)CCC1CC2C=CC1C2.C[Si](C)(CCC1CC2C=CC1C2)O[Si](C)(C)CCC1CC2C=CC1C2. The largest absolute Gasteiger partial charge is 0.455 e. The molecule has 50 heavy (non-hydrogen) atoms. The van der Waals surface area contributed by atoms with Gasteiger partial charge in [-0.05, 0) is 199 Å². The van der Waals surface area contributed by atoms with Crippen LogP contribution in [0.1, 0.15) is 77.0 Å². The van der Waals surface area contributed by atoms with Gasteiger partial charge in [0.25, 0.3) is 0 Å². The average Bonchev–Trinajstić information content (AvgIpc) is 3.91. The van der Waals surface area contributed by atoms with E-state index in [0.29, 0.717) is 0 Å². The van der Waals surface area contributed by atoms with Crippen LogP contribution in [0.2, 0.25) is 76.6 Å². The summed E-state index contributed by atoms with van der Waals surface area (Å²) in [5.41, 5.74) is 0. The van der Waals surface area contributed by atoms with Gasteiger partial charge in [0.2, 0.25) is 0 Å². The molecule has 8 aliphatic rings. The molecule has 0 saturated heterocycles. The Hall–Kier alpha value is -0.252. The lowest BCUT2D eigenvalue weighted by molar-refractivity contribution is 0.412. The minimum Gasteiger partial charge on any atom is -0.455 e. The Labute approximate surface area is 313 Å². The third-order valence-electron chi connectivity index (χ3n) is 15.2. The Morgan fingerprint density at radius 2 is 0.560 bits per heavy atom. The molecule has 0 aromatic heterocycles. The molecule has 0 aromatic rings. The van der Waals surface area contributed by atoms with Crippen molar-refractivity contribution >= 4 is 33.3 Å². The Kier molecular flexibility index (Phi) is 11.5. The second kappa shape index (κ2) is 15.1. The van der Waals surface area contributed by atoms with Crippen LogP contribution in [0.3, 0.4) is 0 Å². The van der Waals surface area contributed by atoms with Gasteiger partial charge in [-0.1, -0.05) is 74.3 Å². The van der Waals surface area contributed by atoms with Crippen molar-refractivity contribution in [2.45, 2.75) is 154 Å². The van der Waals surface area contributed by atoms with Crippen molar-refractivity contribution in [1.82, 2.24) is 0 Å². The summed E-state index contributed by atoms with van der Waals surface area (Å²) >= 11 is 0. The summed E-state index contributed by atoms with van der Waals surface area (Å²) < 4.78 is 13.9. The van der Waals surface area contributed by atoms with Gasteiger partial charge in [0, 0.05) is 0 Å². The van der Waals surface area contributed by atoms with Crippen LogP contribution in [-0.4, -0.2) is 33.3 Å². The van der Waals surface area contributed by atoms with Gasteiger partial charge in [-0.15, -0.1) is 0 Å². The van der Waals surface area contributed by atoms with E-state index in [-0.39, 0.29) is 0 Å². The second-order valence-corrected chi connectivity index (χ2v) is 39.3. The molecule has 0 amide bonds. The Morgan fingerprint density at radius 3 is 0.720 bits per heavy atom. The van der Waals surface area contributed by atoms with E-state index >= 15 is 0 Å². The molecule has 0 N–H and O–H groups in total. The summed E-state index contributed by atoms with van der Waals surface area (Å²) in [6.45, 7) is 19.9. The maximum absolute atomic E-state index is 6.95. The highest BCUT2D eigenvalue weighted by Crippen LogP contribution is 2.49. The Bertz CT molecular complexity index is 1100. The molecule has 280 valence electrons. The number of fused-ring (bicyclic) bond motifs is 8. The van der Waals surface area contributed by atoms with Crippen molar-refractivity contribution in [3.63, 3.8) is 0 Å². The van der Waals surface area contributed by atoms with Crippen LogP contribution in [0.15, 0.2) is 48.6 Å². The molecule has 6 heteroatoms. The van der Waals surface area contributed by atoms with Crippen molar-refractivity contribution in [2.75, 3.05) is 0 Å². The van der Waals surface area contributed by atoms with Crippen molar-refractivity contribution in [1.29, 1.82) is 0 Å². The van der Waals surface area contributed by atoms with Gasteiger partial charge < -0.3 is 8.23 Å². The third-order valence-corrected chi connectivity index (χ3v) is 30.1. The lowest BCUT2D eigenvalue weighted by Gasteiger charge is -2.36. The lowest BCUT2D eigenvalue weighted by Crippen LogP contribution is -2.44. The summed E-state index contributed by atoms with van der Waals surface area (Å²) in [5.74, 6) is 11.2. The number of hydrogen-bond donors (Lipinski definition) is 0. The first-order valence-corrected chi connectivity index (χ1v) is 34.2. The normalized spacial score (nSPS) is 39.0. The van der Waals surface area contributed by atoms with Crippen molar-refractivity contribution in [3.05, 3.63) is 48.6 Å². The molecular formula is C44H76O2Si4. The minimum atomic E-state index is -1.50. The molecule has 0 heterocycles. The number of allylic oxidation sites excluding steroid dienone is 8. The van der Waals surface area contributed by atoms with Crippen LogP contribution in [-0.2, 0) is 8.23 Å². The van der Waals surface area contributed by atoms with Crippen LogP contribution in [0.4, 0.5) is 0 Å². The van der Waals surface area contributed by atoms with Gasteiger partial charge in [-0.25, -0.2) is 0 Å². The quantitative estimate of drug-likeness (QED) is 0.116. The van der Waals surface area contributed by atoms with Crippen LogP contribution in [0, 0.1) is 71.0 Å². The summed E-state index contributed by atoms with van der Waals surface area (Å²) in [4.78, 5) is 0. The van der Waals surface area contributed by atoms with Crippen LogP contribution in [0.5, 0.6) is 0 Å². The standard InChI is InChI=1S/2C22H38OSi2/c2*1-24(2,11-9-21-15-17-5-7-19(21)13-17)23-25(3,4)12-10-22-16-18-6-8-20(22)14-18/h2*5-8,17-22H,9-16H2,1-4H3. The average molecular weight is 749 g/mol. The molecule has 4 fully saturated rings. The van der Waals surface area contributed by atoms with Gasteiger partial charge >= 0.3 is 0 Å². The highest BCUT2D eigenvalue weighted by Gasteiger charge is 2.42. The Balaban J connectivity index is 0.000000157. The second-order valence-electron chi connectivity index (χ2n) is 21.6. The number of rotatable bonds is 16. The summed E-state index contributed by atoms with van der Waals surface area (Å²) in [7, 11) is -6.01. The highest BCUT2D eigenvalue weighted by atomic mass is 28.4. The fourth-order valence-corrected chi connectivity index (χ4v) is 30.6. The monoisotopic (exact) mass is 748 g/mol. The van der Waals surface area contributed by atoms with Gasteiger partial charge in [-0.3, -0.25) is 0 Å². The molecule has 4 saturated carbocycles. The smallest absolute Gasteiger partial charge is 0.173 e. The van der Waals surface area contributed by atoms with E-state index in [2.05, 4.69) is 101 Å². The van der Waals surface area contributed by atoms with E-state index < -0.39 is 33.3 Å². The predicted molar refractivity (Wildman–Crippen MR) is 225 cm³/mol. The van der Waals surface area contributed by atoms with E-state index in [1.54, 1.807) is 0 Å². The first kappa shape index (κ1) is 38.0. The number of hydrogen-bond acceptors (Lipinski definition) is 2. The van der Waals surface area contributed by atoms with Gasteiger partial charge in [0.15, 0.2) is 33.3 Å². The molecule has 0 aliphatic heterocycles. The maximum Gasteiger partial charge on any atom is 0.173 e. The highest BCUT2D eigenvalue weighted by molar-refractivity contribution is 6.85. The molecule has 8 rings (SSSR count). The zero-order valence-corrected chi connectivity index (χ0v) is 37.7. The van der Waals surface area contributed by atoms with Crippen LogP contribution < -0.4 is 0 Å². The predicted octanol–water partition coefficient (Wildman–Crippen LogP) is 13.2. The molecule has 0 radical (unpaired) electrons. The molecule has 12 unspecified atom stereocenters. The fraction of sp³-hybridized carbons (Fsp3) is 0.818. The van der Waals surface area contributed by atoms with Crippen LogP contribution >= 0.6 is 0 Å². The summed E-state index contributed by atoms with van der Waals surface area (Å²) in [6, 6.07) is 5.51. The molecule has 8 aliphatic carbocycles. The first-order valence-electron chi connectivity index (χ1n) is 21.7. The Morgan fingerprint density at radius 1 is 0.340 bits per heavy atom. The van der Waals surface area contributed by atoms with Crippen LogP contribution in [0.25, 0.3) is 0 Å². The van der Waals surface area contributed by atoms with E-state index in [1.165, 1.54) is 101 Å².